The predicted molar refractivity (Wildman–Crippen MR) is 162 cm³/mol. The second-order valence-corrected chi connectivity index (χ2v) is 11.1. The van der Waals surface area contributed by atoms with E-state index in [0.717, 1.165) is 44.9 Å². The Kier molecular flexibility index (Phi) is 27.2. The van der Waals surface area contributed by atoms with E-state index < -0.39 is 0 Å². The number of hydrogen-bond acceptors (Lipinski definition) is 2. The molecule has 0 aromatic rings. The molecule has 1 aliphatic rings. The third-order valence-electron chi connectivity index (χ3n) is 7.72. The molecule has 4 nitrogen and oxygen atoms in total. The normalized spacial score (nSPS) is 16.8. The first-order valence-corrected chi connectivity index (χ1v) is 16.8. The van der Waals surface area contributed by atoms with Gasteiger partial charge in [0.05, 0.1) is 0 Å². The van der Waals surface area contributed by atoms with E-state index in [2.05, 4.69) is 24.5 Å². The van der Waals surface area contributed by atoms with E-state index in [-0.39, 0.29) is 23.9 Å². The highest BCUT2D eigenvalue weighted by Gasteiger charge is 2.29. The Morgan fingerprint density at radius 3 is 1.05 bits per heavy atom. The number of carbonyl (C=O) groups excluding carboxylic acids is 2. The van der Waals surface area contributed by atoms with Crippen LogP contribution in [-0.2, 0) is 9.59 Å². The van der Waals surface area contributed by atoms with Crippen LogP contribution in [0.1, 0.15) is 188 Å². The van der Waals surface area contributed by atoms with Crippen molar-refractivity contribution in [2.24, 2.45) is 0 Å². The van der Waals surface area contributed by atoms with Gasteiger partial charge in [-0.15, -0.1) is 0 Å². The summed E-state index contributed by atoms with van der Waals surface area (Å²) < 4.78 is 0. The standard InChI is InChI=1S/C31H60N2O2.C2H6/c1-3-5-7-9-11-13-15-17-19-21-26-30(34)32-28-24-23-25-29(28)33-31(35)27-22-20-18-16-14-12-10-8-6-4-2;1-2/h28-29H,3-27H2,1-2H3,(H,32,34)(H,33,35);1-2H3/t28-,29+;. The molecule has 0 aliphatic heterocycles. The Morgan fingerprint density at radius 2 is 0.757 bits per heavy atom. The van der Waals surface area contributed by atoms with Crippen LogP contribution in [0.25, 0.3) is 0 Å². The minimum absolute atomic E-state index is 0.127. The van der Waals surface area contributed by atoms with Crippen LogP contribution < -0.4 is 10.6 Å². The molecular weight excluding hydrogens is 456 g/mol. The summed E-state index contributed by atoms with van der Waals surface area (Å²) in [4.78, 5) is 24.8. The highest BCUT2D eigenvalue weighted by Crippen LogP contribution is 2.20. The summed E-state index contributed by atoms with van der Waals surface area (Å²) in [6, 6.07) is 0.254. The Morgan fingerprint density at radius 1 is 0.486 bits per heavy atom. The molecule has 1 aliphatic carbocycles. The first-order valence-electron chi connectivity index (χ1n) is 16.8. The average molecular weight is 523 g/mol. The van der Waals surface area contributed by atoms with Gasteiger partial charge in [0.2, 0.25) is 11.8 Å². The molecule has 2 atom stereocenters. The second-order valence-electron chi connectivity index (χ2n) is 11.1. The van der Waals surface area contributed by atoms with Gasteiger partial charge < -0.3 is 10.6 Å². The molecule has 1 saturated carbocycles. The van der Waals surface area contributed by atoms with Crippen molar-refractivity contribution in [2.45, 2.75) is 200 Å². The van der Waals surface area contributed by atoms with Crippen molar-refractivity contribution in [1.82, 2.24) is 10.6 Å². The van der Waals surface area contributed by atoms with Gasteiger partial charge >= 0.3 is 0 Å². The van der Waals surface area contributed by atoms with E-state index >= 15 is 0 Å². The smallest absolute Gasteiger partial charge is 0.220 e. The van der Waals surface area contributed by atoms with Gasteiger partial charge in [-0.05, 0) is 32.1 Å². The van der Waals surface area contributed by atoms with Crippen molar-refractivity contribution in [3.05, 3.63) is 0 Å². The summed E-state index contributed by atoms with van der Waals surface area (Å²) in [5.41, 5.74) is 0. The molecule has 1 fully saturated rings. The van der Waals surface area contributed by atoms with Crippen molar-refractivity contribution in [3.8, 4) is 0 Å². The summed E-state index contributed by atoms with van der Waals surface area (Å²) in [6.45, 7) is 8.53. The van der Waals surface area contributed by atoms with E-state index in [0.29, 0.717) is 12.8 Å². The minimum Gasteiger partial charge on any atom is -0.351 e. The van der Waals surface area contributed by atoms with Gasteiger partial charge in [0.25, 0.3) is 0 Å². The van der Waals surface area contributed by atoms with Crippen molar-refractivity contribution in [1.29, 1.82) is 0 Å². The van der Waals surface area contributed by atoms with Gasteiger partial charge in [0, 0.05) is 24.9 Å². The molecule has 37 heavy (non-hydrogen) atoms. The van der Waals surface area contributed by atoms with Crippen LogP contribution in [0.4, 0.5) is 0 Å². The molecular formula is C33H66N2O2. The zero-order valence-corrected chi connectivity index (χ0v) is 25.6. The maximum Gasteiger partial charge on any atom is 0.220 e. The van der Waals surface area contributed by atoms with Gasteiger partial charge in [0.1, 0.15) is 0 Å². The van der Waals surface area contributed by atoms with Crippen LogP contribution in [0.5, 0.6) is 0 Å². The number of rotatable bonds is 24. The summed E-state index contributed by atoms with van der Waals surface area (Å²) >= 11 is 0. The molecule has 0 aromatic carbocycles. The molecule has 2 N–H and O–H groups in total. The molecule has 0 spiro atoms. The highest BCUT2D eigenvalue weighted by molar-refractivity contribution is 5.78. The van der Waals surface area contributed by atoms with Gasteiger partial charge in [-0.25, -0.2) is 0 Å². The van der Waals surface area contributed by atoms with E-state index in [1.54, 1.807) is 0 Å². The van der Waals surface area contributed by atoms with Crippen LogP contribution in [0.2, 0.25) is 0 Å². The number of nitrogens with one attached hydrogen (secondary N) is 2. The Labute approximate surface area is 232 Å². The van der Waals surface area contributed by atoms with Crippen LogP contribution in [0.3, 0.4) is 0 Å². The molecule has 0 unspecified atom stereocenters. The van der Waals surface area contributed by atoms with E-state index in [4.69, 9.17) is 0 Å². The summed E-state index contributed by atoms with van der Waals surface area (Å²) in [6.07, 6.45) is 30.1. The molecule has 4 heteroatoms. The van der Waals surface area contributed by atoms with Crippen molar-refractivity contribution in [3.63, 3.8) is 0 Å². The zero-order chi connectivity index (χ0) is 27.4. The van der Waals surface area contributed by atoms with E-state index in [9.17, 15) is 9.59 Å². The molecule has 2 amide bonds. The van der Waals surface area contributed by atoms with Gasteiger partial charge in [-0.2, -0.15) is 0 Å². The fraction of sp³-hybridized carbons (Fsp3) is 0.939. The maximum atomic E-state index is 12.4. The van der Waals surface area contributed by atoms with Gasteiger partial charge in [-0.1, -0.05) is 143 Å². The molecule has 1 rings (SSSR count). The van der Waals surface area contributed by atoms with Crippen molar-refractivity contribution in [2.75, 3.05) is 0 Å². The molecule has 0 bridgehead atoms. The van der Waals surface area contributed by atoms with Gasteiger partial charge in [0.15, 0.2) is 0 Å². The molecule has 220 valence electrons. The summed E-state index contributed by atoms with van der Waals surface area (Å²) in [7, 11) is 0. The molecule has 0 aromatic heterocycles. The van der Waals surface area contributed by atoms with Gasteiger partial charge in [-0.3, -0.25) is 9.59 Å². The lowest BCUT2D eigenvalue weighted by molar-refractivity contribution is -0.124. The minimum atomic E-state index is 0.127. The first-order chi connectivity index (χ1) is 18.2. The summed E-state index contributed by atoms with van der Waals surface area (Å²) in [5, 5.41) is 6.44. The quantitative estimate of drug-likeness (QED) is 0.124. The Bertz CT molecular complexity index is 465. The monoisotopic (exact) mass is 523 g/mol. The number of carbonyl (C=O) groups is 2. The number of amides is 2. The third-order valence-corrected chi connectivity index (χ3v) is 7.72. The maximum absolute atomic E-state index is 12.4. The number of unbranched alkanes of at least 4 members (excludes halogenated alkanes) is 18. The Hall–Kier alpha value is -1.06. The lowest BCUT2D eigenvalue weighted by Crippen LogP contribution is -2.48. The second kappa shape index (κ2) is 28.0. The lowest BCUT2D eigenvalue weighted by Gasteiger charge is -2.22. The van der Waals surface area contributed by atoms with E-state index in [1.807, 2.05) is 13.8 Å². The zero-order valence-electron chi connectivity index (χ0n) is 25.6. The fourth-order valence-electron chi connectivity index (χ4n) is 5.41. The van der Waals surface area contributed by atoms with Crippen LogP contribution in [-0.4, -0.2) is 23.9 Å². The van der Waals surface area contributed by atoms with Crippen LogP contribution >= 0.6 is 0 Å². The van der Waals surface area contributed by atoms with Crippen molar-refractivity contribution < 1.29 is 9.59 Å². The first kappa shape index (κ1) is 35.9. The SMILES string of the molecule is CC.CCCCCCCCCCCCC(=O)N[C@H]1CCC[C@H]1NC(=O)CCCCCCCCCCCC. The number of hydrogen-bond donors (Lipinski definition) is 2. The van der Waals surface area contributed by atoms with Crippen molar-refractivity contribution >= 4 is 11.8 Å². The lowest BCUT2D eigenvalue weighted by atomic mass is 10.1. The fourth-order valence-corrected chi connectivity index (χ4v) is 5.41. The van der Waals surface area contributed by atoms with Crippen LogP contribution in [0.15, 0.2) is 0 Å². The summed E-state index contributed by atoms with van der Waals surface area (Å²) in [5.74, 6) is 0.343. The topological polar surface area (TPSA) is 58.2 Å². The molecule has 0 radical (unpaired) electrons. The Balaban J connectivity index is 0.00000631. The largest absolute Gasteiger partial charge is 0.351 e. The third kappa shape index (κ3) is 22.6. The highest BCUT2D eigenvalue weighted by atomic mass is 16.2. The predicted octanol–water partition coefficient (Wildman–Crippen LogP) is 9.79. The molecule has 0 heterocycles. The van der Waals surface area contributed by atoms with Crippen LogP contribution in [0, 0.1) is 0 Å². The molecule has 0 saturated heterocycles. The average Bonchev–Trinajstić information content (AvgIpc) is 3.33. The van der Waals surface area contributed by atoms with E-state index in [1.165, 1.54) is 103 Å².